The van der Waals surface area contributed by atoms with E-state index in [4.69, 9.17) is 18.9 Å². The summed E-state index contributed by atoms with van der Waals surface area (Å²) >= 11 is 0. The van der Waals surface area contributed by atoms with Gasteiger partial charge in [-0.3, -0.25) is 9.59 Å². The summed E-state index contributed by atoms with van der Waals surface area (Å²) in [6.45, 7) is 4.61. The molecule has 0 saturated carbocycles. The average molecular weight is 1130 g/mol. The summed E-state index contributed by atoms with van der Waals surface area (Å²) in [5.41, 5.74) is 0. The third-order valence-electron chi connectivity index (χ3n) is 14.0. The Morgan fingerprint density at radius 2 is 0.704 bits per heavy atom. The number of carboxylic acids is 1. The van der Waals surface area contributed by atoms with Gasteiger partial charge in [-0.2, -0.15) is 0 Å². The molecule has 0 amide bonds. The molecule has 0 aliphatic rings. The van der Waals surface area contributed by atoms with Crippen LogP contribution in [0, 0.1) is 0 Å². The van der Waals surface area contributed by atoms with Gasteiger partial charge in [0.25, 0.3) is 0 Å². The Hall–Kier alpha value is -4.05. The number of esters is 2. The van der Waals surface area contributed by atoms with Gasteiger partial charge in [0.05, 0.1) is 40.3 Å². The third-order valence-corrected chi connectivity index (χ3v) is 14.0. The number of hydrogen-bond donors (Lipinski definition) is 0. The van der Waals surface area contributed by atoms with Gasteiger partial charge in [0.15, 0.2) is 12.4 Å². The van der Waals surface area contributed by atoms with Crippen LogP contribution in [-0.2, 0) is 33.3 Å². The van der Waals surface area contributed by atoms with E-state index in [0.717, 1.165) is 103 Å². The van der Waals surface area contributed by atoms with Crippen LogP contribution >= 0.6 is 0 Å². The minimum absolute atomic E-state index is 0.139. The van der Waals surface area contributed by atoms with Crippen LogP contribution < -0.4 is 5.11 Å². The van der Waals surface area contributed by atoms with Crippen molar-refractivity contribution in [2.75, 3.05) is 47.5 Å². The molecule has 464 valence electrons. The van der Waals surface area contributed by atoms with Crippen LogP contribution in [0.25, 0.3) is 0 Å². The van der Waals surface area contributed by atoms with Crippen LogP contribution in [-0.4, -0.2) is 82.3 Å². The van der Waals surface area contributed by atoms with Crippen molar-refractivity contribution in [3.05, 3.63) is 109 Å². The van der Waals surface area contributed by atoms with E-state index in [-0.39, 0.29) is 38.6 Å². The molecule has 0 aliphatic carbocycles. The van der Waals surface area contributed by atoms with Crippen molar-refractivity contribution in [2.45, 2.75) is 283 Å². The molecule has 0 rings (SSSR count). The lowest BCUT2D eigenvalue weighted by Crippen LogP contribution is -2.44. The molecular weight excluding hydrogens is 1010 g/mol. The Morgan fingerprint density at radius 3 is 1.05 bits per heavy atom. The second kappa shape index (κ2) is 62.0. The van der Waals surface area contributed by atoms with Crippen LogP contribution in [0.5, 0.6) is 0 Å². The molecule has 0 heterocycles. The molecule has 0 aromatic carbocycles. The molecular formula is C72H123NO8. The van der Waals surface area contributed by atoms with Gasteiger partial charge in [-0.1, -0.05) is 264 Å². The van der Waals surface area contributed by atoms with E-state index in [1.165, 1.54) is 135 Å². The molecule has 81 heavy (non-hydrogen) atoms. The van der Waals surface area contributed by atoms with Crippen molar-refractivity contribution < 1.29 is 42.9 Å². The molecule has 2 atom stereocenters. The van der Waals surface area contributed by atoms with Gasteiger partial charge in [-0.25, -0.2) is 0 Å². The highest BCUT2D eigenvalue weighted by atomic mass is 16.7. The van der Waals surface area contributed by atoms with Crippen LogP contribution in [0.15, 0.2) is 109 Å². The first-order chi connectivity index (χ1) is 39.6. The number of carbonyl (C=O) groups is 3. The van der Waals surface area contributed by atoms with Crippen molar-refractivity contribution >= 4 is 17.9 Å². The topological polar surface area (TPSA) is 111 Å². The Labute approximate surface area is 498 Å². The highest BCUT2D eigenvalue weighted by Gasteiger charge is 2.22. The molecule has 2 unspecified atom stereocenters. The predicted octanol–water partition coefficient (Wildman–Crippen LogP) is 18.9. The minimum atomic E-state index is -1.63. The van der Waals surface area contributed by atoms with Gasteiger partial charge >= 0.3 is 11.9 Å². The quantitative estimate of drug-likeness (QED) is 0.0195. The Balaban J connectivity index is 4.21. The van der Waals surface area contributed by atoms with Gasteiger partial charge in [0.2, 0.25) is 0 Å². The molecule has 0 N–H and O–H groups in total. The van der Waals surface area contributed by atoms with Crippen molar-refractivity contribution in [3.8, 4) is 0 Å². The zero-order valence-corrected chi connectivity index (χ0v) is 52.9. The summed E-state index contributed by atoms with van der Waals surface area (Å²) in [5.74, 6) is -2.31. The van der Waals surface area contributed by atoms with Gasteiger partial charge < -0.3 is 33.3 Å². The molecule has 0 fully saturated rings. The van der Waals surface area contributed by atoms with Gasteiger partial charge in [0.1, 0.15) is 13.2 Å². The van der Waals surface area contributed by atoms with Crippen molar-refractivity contribution in [1.29, 1.82) is 0 Å². The fourth-order valence-corrected chi connectivity index (χ4v) is 8.96. The van der Waals surface area contributed by atoms with Gasteiger partial charge in [-0.05, 0) is 103 Å². The lowest BCUT2D eigenvalue weighted by Gasteiger charge is -2.26. The number of quaternary nitrogens is 1. The summed E-state index contributed by atoms with van der Waals surface area (Å²) in [4.78, 5) is 37.4. The zero-order chi connectivity index (χ0) is 59.1. The molecule has 0 aromatic rings. The lowest BCUT2D eigenvalue weighted by atomic mass is 10.0. The molecule has 0 aliphatic heterocycles. The first-order valence-corrected chi connectivity index (χ1v) is 33.0. The fourth-order valence-electron chi connectivity index (χ4n) is 8.96. The standard InChI is InChI=1S/C72H123NO8/c1-6-8-10-12-14-16-18-20-22-24-26-28-30-32-34-35-37-38-40-42-44-46-48-50-52-54-56-58-60-62-69(74)79-66-68(67-80-72(71(76)77)78-65-64-73(3,4)5)81-70(75)63-61-59-57-55-53-51-49-47-45-43-41-39-36-33-31-29-27-25-23-21-19-17-15-13-11-9-7-2/h9,11,15,17-18,20-21,23-24,26-27,29,33,36,41,43,47,49,68,72H,6-8,10,12-14,16,19,22,25,28,30-32,34-35,37-40,42,44-46,48,50-67H2,1-5H3/b11-9-,17-15-,20-18-,23-21-,26-24-,29-27-,36-33-,43-41-,49-47-. The number of likely N-dealkylation sites (N-methyl/N-ethyl adjacent to an activating group) is 1. The van der Waals surface area contributed by atoms with E-state index in [2.05, 4.69) is 123 Å². The average Bonchev–Trinajstić information content (AvgIpc) is 3.44. The zero-order valence-electron chi connectivity index (χ0n) is 52.9. The third kappa shape index (κ3) is 63.4. The first-order valence-electron chi connectivity index (χ1n) is 33.0. The summed E-state index contributed by atoms with van der Waals surface area (Å²) in [7, 11) is 5.92. The molecule has 0 bridgehead atoms. The number of aliphatic carboxylic acids is 1. The molecule has 9 nitrogen and oxygen atoms in total. The molecule has 0 spiro atoms. The van der Waals surface area contributed by atoms with Crippen LogP contribution in [0.4, 0.5) is 0 Å². The Morgan fingerprint density at radius 1 is 0.383 bits per heavy atom. The van der Waals surface area contributed by atoms with Crippen molar-refractivity contribution in [3.63, 3.8) is 0 Å². The normalized spacial score (nSPS) is 13.4. The lowest BCUT2D eigenvalue weighted by molar-refractivity contribution is -0.870. The molecule has 0 aromatic heterocycles. The van der Waals surface area contributed by atoms with E-state index < -0.39 is 24.3 Å². The number of rotatable bonds is 60. The van der Waals surface area contributed by atoms with Gasteiger partial charge in [0, 0.05) is 12.8 Å². The highest BCUT2D eigenvalue weighted by molar-refractivity contribution is 5.70. The number of nitrogens with zero attached hydrogens (tertiary/aromatic N) is 1. The van der Waals surface area contributed by atoms with E-state index in [0.29, 0.717) is 17.4 Å². The van der Waals surface area contributed by atoms with Crippen LogP contribution in [0.1, 0.15) is 271 Å². The van der Waals surface area contributed by atoms with E-state index in [1.54, 1.807) is 0 Å². The van der Waals surface area contributed by atoms with E-state index in [1.807, 2.05) is 21.1 Å². The predicted molar refractivity (Wildman–Crippen MR) is 343 cm³/mol. The number of allylic oxidation sites excluding steroid dienone is 18. The van der Waals surface area contributed by atoms with E-state index >= 15 is 0 Å². The number of unbranched alkanes of at least 4 members (excludes halogenated alkanes) is 27. The second-order valence-electron chi connectivity index (χ2n) is 23.0. The highest BCUT2D eigenvalue weighted by Crippen LogP contribution is 2.16. The number of hydrogen-bond acceptors (Lipinski definition) is 8. The second-order valence-corrected chi connectivity index (χ2v) is 23.0. The summed E-state index contributed by atoms with van der Waals surface area (Å²) in [6.07, 6.45) is 83.0. The summed E-state index contributed by atoms with van der Waals surface area (Å²) < 4.78 is 22.7. The Bertz CT molecular complexity index is 1700. The molecule has 0 radical (unpaired) electrons. The van der Waals surface area contributed by atoms with Crippen LogP contribution in [0.3, 0.4) is 0 Å². The van der Waals surface area contributed by atoms with Crippen molar-refractivity contribution in [1.82, 2.24) is 0 Å². The maximum Gasteiger partial charge on any atom is 0.306 e. The smallest absolute Gasteiger partial charge is 0.306 e. The molecule has 0 saturated heterocycles. The van der Waals surface area contributed by atoms with E-state index in [9.17, 15) is 19.5 Å². The van der Waals surface area contributed by atoms with Crippen LogP contribution in [0.2, 0.25) is 0 Å². The maximum absolute atomic E-state index is 12.9. The Kier molecular flexibility index (Phi) is 58.9. The summed E-state index contributed by atoms with van der Waals surface area (Å²) in [6, 6.07) is 0. The molecule has 9 heteroatoms. The summed E-state index contributed by atoms with van der Waals surface area (Å²) in [5, 5.41) is 11.8. The largest absolute Gasteiger partial charge is 0.545 e. The monoisotopic (exact) mass is 1130 g/mol. The first kappa shape index (κ1) is 77.0. The minimum Gasteiger partial charge on any atom is -0.545 e. The van der Waals surface area contributed by atoms with Gasteiger partial charge in [-0.15, -0.1) is 0 Å². The fraction of sp³-hybridized carbons (Fsp3) is 0.708. The van der Waals surface area contributed by atoms with Crippen molar-refractivity contribution in [2.24, 2.45) is 0 Å². The SMILES string of the molecule is CC/C=C\C/C=C\C/C=C\C/C=C\C/C=C\C/C=C\C/C=C\CCCCCCCC(=O)OC(COC(=O)CCCCCCCCCCCCCCCCCCC/C=C\C/C=C\CCCCCCC)COC(OCC[N+](C)(C)C)C(=O)[O-]. The number of ether oxygens (including phenoxy) is 4. The number of carbonyl (C=O) groups excluding carboxylic acids is 3. The number of carboxylic acid groups (broad SMARTS) is 1. The maximum atomic E-state index is 12.9.